The number of anilines is 1. The molecule has 2 N–H and O–H groups in total. The first-order valence-corrected chi connectivity index (χ1v) is 12.7. The fourth-order valence-electron chi connectivity index (χ4n) is 4.99. The summed E-state index contributed by atoms with van der Waals surface area (Å²) in [6.45, 7) is 8.33. The summed E-state index contributed by atoms with van der Waals surface area (Å²) >= 11 is 1.69. The minimum absolute atomic E-state index is 0.0241. The lowest BCUT2D eigenvalue weighted by Crippen LogP contribution is -2.28. The number of rotatable bonds is 6. The Kier molecular flexibility index (Phi) is 7.39. The lowest BCUT2D eigenvalue weighted by Gasteiger charge is -2.27. The lowest BCUT2D eigenvalue weighted by atomic mass is 9.78. The molecule has 0 saturated carbocycles. The predicted octanol–water partition coefficient (Wildman–Crippen LogP) is 5.53. The van der Waals surface area contributed by atoms with Crippen LogP contribution in [0.15, 0.2) is 29.2 Å². The Labute approximate surface area is 195 Å². The van der Waals surface area contributed by atoms with Crippen molar-refractivity contribution in [2.24, 2.45) is 0 Å². The fourth-order valence-corrected chi connectivity index (χ4v) is 6.07. The zero-order valence-electron chi connectivity index (χ0n) is 19.2. The lowest BCUT2D eigenvalue weighted by molar-refractivity contribution is 0.654. The van der Waals surface area contributed by atoms with Crippen molar-refractivity contribution >= 4 is 28.4 Å². The van der Waals surface area contributed by atoms with Crippen LogP contribution in [-0.4, -0.2) is 36.9 Å². The van der Waals surface area contributed by atoms with E-state index in [-0.39, 0.29) is 5.92 Å². The van der Waals surface area contributed by atoms with Gasteiger partial charge in [0.05, 0.1) is 11.3 Å². The van der Waals surface area contributed by atoms with Crippen LogP contribution < -0.4 is 10.2 Å². The normalized spacial score (nSPS) is 19.5. The average molecular weight is 448 g/mol. The standard InChI is InChI=1S/C26H33N5S/c1-3-7-20(26(28)21-8-4-10-23-25(21)19(16-27)17-32-23)18(2)22-9-5-11-24(30-22)31-14-6-12-29-13-15-31/h5,9,11,17,21,28-29H,3-4,6-8,10,12-15H2,1-2H3/b20-18+,28-26?/t21-/m0/s1. The molecule has 3 heterocycles. The topological polar surface area (TPSA) is 75.8 Å². The fraction of sp³-hybridized carbons (Fsp3) is 0.500. The summed E-state index contributed by atoms with van der Waals surface area (Å²) in [5.41, 5.74) is 5.74. The van der Waals surface area contributed by atoms with Crippen molar-refractivity contribution in [1.29, 1.82) is 10.7 Å². The van der Waals surface area contributed by atoms with Gasteiger partial charge in [0.15, 0.2) is 0 Å². The van der Waals surface area contributed by atoms with Gasteiger partial charge in [-0.2, -0.15) is 5.26 Å². The third kappa shape index (κ3) is 4.65. The maximum Gasteiger partial charge on any atom is 0.129 e. The molecule has 0 bridgehead atoms. The van der Waals surface area contributed by atoms with E-state index < -0.39 is 0 Å². The molecule has 1 aliphatic carbocycles. The van der Waals surface area contributed by atoms with Crippen molar-refractivity contribution in [2.45, 2.75) is 58.3 Å². The number of allylic oxidation sites excluding steroid dienone is 2. The van der Waals surface area contributed by atoms with Gasteiger partial charge >= 0.3 is 0 Å². The SMILES string of the molecule is CCC/C(C(=N)[C@H]1CCCc2scc(C#N)c21)=C(/C)c1cccc(N2CCCNCC2)n1. The molecule has 168 valence electrons. The monoisotopic (exact) mass is 447 g/mol. The van der Waals surface area contributed by atoms with Crippen molar-refractivity contribution in [2.75, 3.05) is 31.1 Å². The summed E-state index contributed by atoms with van der Waals surface area (Å²) < 4.78 is 0. The molecule has 32 heavy (non-hydrogen) atoms. The summed E-state index contributed by atoms with van der Waals surface area (Å²) in [6.07, 6.45) is 6.04. The number of pyridine rings is 1. The first kappa shape index (κ1) is 22.7. The molecular formula is C26H33N5S. The van der Waals surface area contributed by atoms with E-state index in [4.69, 9.17) is 4.98 Å². The van der Waals surface area contributed by atoms with Crippen LogP contribution in [0, 0.1) is 16.7 Å². The summed E-state index contributed by atoms with van der Waals surface area (Å²) in [5.74, 6) is 1.05. The molecule has 1 fully saturated rings. The van der Waals surface area contributed by atoms with Gasteiger partial charge < -0.3 is 15.6 Å². The van der Waals surface area contributed by atoms with E-state index in [0.717, 1.165) is 98.5 Å². The van der Waals surface area contributed by atoms with Gasteiger partial charge in [-0.3, -0.25) is 0 Å². The van der Waals surface area contributed by atoms with E-state index in [1.807, 2.05) is 5.38 Å². The summed E-state index contributed by atoms with van der Waals surface area (Å²) in [6, 6.07) is 8.65. The Balaban J connectivity index is 1.69. The second-order valence-corrected chi connectivity index (χ2v) is 9.75. The Morgan fingerprint density at radius 3 is 3.00 bits per heavy atom. The summed E-state index contributed by atoms with van der Waals surface area (Å²) in [5, 5.41) is 24.3. The van der Waals surface area contributed by atoms with Crippen LogP contribution in [0.2, 0.25) is 0 Å². The number of aromatic nitrogens is 1. The molecule has 1 saturated heterocycles. The third-order valence-electron chi connectivity index (χ3n) is 6.68. The highest BCUT2D eigenvalue weighted by Gasteiger charge is 2.30. The zero-order valence-corrected chi connectivity index (χ0v) is 20.0. The molecule has 0 radical (unpaired) electrons. The minimum Gasteiger partial charge on any atom is -0.355 e. The quantitative estimate of drug-likeness (QED) is 0.571. The Morgan fingerprint density at radius 1 is 1.31 bits per heavy atom. The van der Waals surface area contributed by atoms with Crippen LogP contribution >= 0.6 is 11.3 Å². The van der Waals surface area contributed by atoms with Gasteiger partial charge in [0.25, 0.3) is 0 Å². The third-order valence-corrected chi connectivity index (χ3v) is 7.75. The molecule has 4 rings (SSSR count). The number of nitrogens with one attached hydrogen (secondary N) is 2. The number of aryl methyl sites for hydroxylation is 1. The minimum atomic E-state index is 0.0241. The van der Waals surface area contributed by atoms with Gasteiger partial charge in [-0.1, -0.05) is 19.4 Å². The first-order valence-electron chi connectivity index (χ1n) is 11.9. The van der Waals surface area contributed by atoms with Crippen LogP contribution in [0.3, 0.4) is 0 Å². The van der Waals surface area contributed by atoms with Gasteiger partial charge in [-0.15, -0.1) is 11.3 Å². The molecule has 0 spiro atoms. The van der Waals surface area contributed by atoms with E-state index in [2.05, 4.69) is 48.3 Å². The average Bonchev–Trinajstić information content (AvgIpc) is 3.06. The second-order valence-electron chi connectivity index (χ2n) is 8.78. The van der Waals surface area contributed by atoms with E-state index >= 15 is 0 Å². The van der Waals surface area contributed by atoms with Gasteiger partial charge in [0.2, 0.25) is 0 Å². The molecule has 2 aromatic heterocycles. The number of nitrogens with zero attached hydrogens (tertiary/aromatic N) is 3. The molecule has 1 atom stereocenters. The number of hydrogen-bond acceptors (Lipinski definition) is 6. The highest BCUT2D eigenvalue weighted by atomic mass is 32.1. The Morgan fingerprint density at radius 2 is 2.19 bits per heavy atom. The Bertz CT molecular complexity index is 1040. The molecule has 6 heteroatoms. The molecule has 0 unspecified atom stereocenters. The summed E-state index contributed by atoms with van der Waals surface area (Å²) in [4.78, 5) is 8.69. The van der Waals surface area contributed by atoms with Crippen molar-refractivity contribution in [3.63, 3.8) is 0 Å². The second kappa shape index (κ2) is 10.4. The van der Waals surface area contributed by atoms with Gasteiger partial charge in [0, 0.05) is 41.5 Å². The van der Waals surface area contributed by atoms with Crippen LogP contribution in [0.25, 0.3) is 5.57 Å². The van der Waals surface area contributed by atoms with Crippen molar-refractivity contribution in [3.05, 3.63) is 50.9 Å². The molecule has 2 aromatic rings. The van der Waals surface area contributed by atoms with Crippen LogP contribution in [-0.2, 0) is 6.42 Å². The maximum absolute atomic E-state index is 9.64. The Hall–Kier alpha value is -2.49. The summed E-state index contributed by atoms with van der Waals surface area (Å²) in [7, 11) is 0. The van der Waals surface area contributed by atoms with Crippen LogP contribution in [0.5, 0.6) is 0 Å². The highest BCUT2D eigenvalue weighted by Crippen LogP contribution is 2.41. The highest BCUT2D eigenvalue weighted by molar-refractivity contribution is 7.10. The van der Waals surface area contributed by atoms with E-state index in [1.165, 1.54) is 4.88 Å². The number of thiophene rings is 1. The number of nitriles is 1. The van der Waals surface area contributed by atoms with Crippen molar-refractivity contribution in [1.82, 2.24) is 10.3 Å². The van der Waals surface area contributed by atoms with E-state index in [0.29, 0.717) is 5.71 Å². The van der Waals surface area contributed by atoms with Gasteiger partial charge in [-0.05, 0) is 74.4 Å². The van der Waals surface area contributed by atoms with E-state index in [1.54, 1.807) is 11.3 Å². The molecule has 5 nitrogen and oxygen atoms in total. The molecular weight excluding hydrogens is 414 g/mol. The van der Waals surface area contributed by atoms with E-state index in [9.17, 15) is 10.7 Å². The number of fused-ring (bicyclic) bond motifs is 1. The molecule has 1 aliphatic heterocycles. The van der Waals surface area contributed by atoms with Crippen LogP contribution in [0.1, 0.15) is 73.6 Å². The van der Waals surface area contributed by atoms with Crippen molar-refractivity contribution < 1.29 is 0 Å². The smallest absolute Gasteiger partial charge is 0.129 e. The molecule has 0 amide bonds. The van der Waals surface area contributed by atoms with Gasteiger partial charge in [0.1, 0.15) is 11.9 Å². The first-order chi connectivity index (χ1) is 15.6. The van der Waals surface area contributed by atoms with Crippen LogP contribution in [0.4, 0.5) is 5.82 Å². The molecule has 0 aromatic carbocycles. The number of hydrogen-bond donors (Lipinski definition) is 2. The maximum atomic E-state index is 9.64. The zero-order chi connectivity index (χ0) is 22.5. The molecule has 2 aliphatic rings. The van der Waals surface area contributed by atoms with Crippen molar-refractivity contribution in [3.8, 4) is 6.07 Å². The largest absolute Gasteiger partial charge is 0.355 e. The van der Waals surface area contributed by atoms with Gasteiger partial charge in [-0.25, -0.2) is 4.98 Å². The predicted molar refractivity (Wildman–Crippen MR) is 134 cm³/mol.